The first-order chi connectivity index (χ1) is 13.1. The molecule has 1 aromatic heterocycles. The van der Waals surface area contributed by atoms with Crippen LogP contribution in [0, 0.1) is 11.8 Å². The summed E-state index contributed by atoms with van der Waals surface area (Å²) in [5.74, 6) is 0.0365. The van der Waals surface area contributed by atoms with Gasteiger partial charge in [-0.25, -0.2) is 0 Å². The van der Waals surface area contributed by atoms with E-state index in [2.05, 4.69) is 4.98 Å². The molecule has 0 spiro atoms. The van der Waals surface area contributed by atoms with Crippen LogP contribution in [0.1, 0.15) is 37.7 Å². The van der Waals surface area contributed by atoms with Crippen molar-refractivity contribution in [1.29, 1.82) is 0 Å². The molecule has 7 heteroatoms. The molecule has 0 saturated heterocycles. The van der Waals surface area contributed by atoms with Gasteiger partial charge in [-0.2, -0.15) is 0 Å². The number of ether oxygens (including phenoxy) is 1. The summed E-state index contributed by atoms with van der Waals surface area (Å²) in [7, 11) is 0. The summed E-state index contributed by atoms with van der Waals surface area (Å²) in [4.78, 5) is 26.4. The van der Waals surface area contributed by atoms with Gasteiger partial charge in [0, 0.05) is 18.0 Å². The number of nitrogens with zero attached hydrogens (tertiary/aromatic N) is 1. The van der Waals surface area contributed by atoms with Gasteiger partial charge in [-0.3, -0.25) is 14.6 Å². The zero-order valence-corrected chi connectivity index (χ0v) is 16.1. The van der Waals surface area contributed by atoms with E-state index in [4.69, 9.17) is 15.6 Å². The van der Waals surface area contributed by atoms with Crippen molar-refractivity contribution in [3.63, 3.8) is 0 Å². The molecule has 1 aromatic carbocycles. The van der Waals surface area contributed by atoms with Gasteiger partial charge in [0.05, 0.1) is 11.4 Å². The van der Waals surface area contributed by atoms with Gasteiger partial charge in [-0.1, -0.05) is 12.1 Å². The Labute approximate surface area is 163 Å². The molecule has 1 fully saturated rings. The summed E-state index contributed by atoms with van der Waals surface area (Å²) >= 11 is 1.60. The largest absolute Gasteiger partial charge is 0.481 e. The molecular formula is C20H26N2O4S. The van der Waals surface area contributed by atoms with E-state index in [0.29, 0.717) is 24.6 Å². The lowest BCUT2D eigenvalue weighted by molar-refractivity contribution is -0.140. The molecule has 0 amide bonds. The summed E-state index contributed by atoms with van der Waals surface area (Å²) < 4.78 is 5.42. The molecule has 0 aliphatic heterocycles. The van der Waals surface area contributed by atoms with Crippen LogP contribution >= 0.6 is 11.3 Å². The number of aliphatic carboxylic acids is 1. The molecular weight excluding hydrogens is 364 g/mol. The molecule has 1 aliphatic carbocycles. The van der Waals surface area contributed by atoms with Crippen molar-refractivity contribution in [3.8, 4) is 5.75 Å². The Bertz CT molecular complexity index is 663. The highest BCUT2D eigenvalue weighted by molar-refractivity contribution is 7.07. The maximum absolute atomic E-state index is 12.1. The summed E-state index contributed by atoms with van der Waals surface area (Å²) in [5, 5.41) is 10.6. The number of carbonyl (C=O) groups is 2. The van der Waals surface area contributed by atoms with Crippen LogP contribution in [0.4, 0.5) is 0 Å². The Kier molecular flexibility index (Phi) is 8.94. The van der Waals surface area contributed by atoms with E-state index >= 15 is 0 Å². The van der Waals surface area contributed by atoms with E-state index in [1.807, 2.05) is 5.38 Å². The van der Waals surface area contributed by atoms with Crippen molar-refractivity contribution in [2.45, 2.75) is 38.5 Å². The lowest BCUT2D eigenvalue weighted by Gasteiger charge is -2.26. The van der Waals surface area contributed by atoms with Crippen molar-refractivity contribution in [2.75, 3.05) is 6.54 Å². The minimum Gasteiger partial charge on any atom is -0.481 e. The highest BCUT2D eigenvalue weighted by Gasteiger charge is 2.27. The second-order valence-electron chi connectivity index (χ2n) is 6.59. The second kappa shape index (κ2) is 11.5. The fourth-order valence-corrected chi connectivity index (χ4v) is 3.34. The highest BCUT2D eigenvalue weighted by atomic mass is 32.1. The number of carbonyl (C=O) groups excluding carboxylic acids is 1. The zero-order valence-electron chi connectivity index (χ0n) is 15.3. The van der Waals surface area contributed by atoms with Crippen molar-refractivity contribution >= 4 is 23.3 Å². The topological polar surface area (TPSA) is 103 Å². The number of hydrogen-bond donors (Lipinski definition) is 2. The predicted molar refractivity (Wildman–Crippen MR) is 105 cm³/mol. The van der Waals surface area contributed by atoms with Gasteiger partial charge in [0.15, 0.2) is 0 Å². The maximum Gasteiger partial charge on any atom is 0.314 e. The van der Waals surface area contributed by atoms with E-state index in [-0.39, 0.29) is 18.3 Å². The Morgan fingerprint density at radius 2 is 1.89 bits per heavy atom. The average Bonchev–Trinajstić information content (AvgIpc) is 3.27. The maximum atomic E-state index is 12.1. The minimum absolute atomic E-state index is 0.0329. The number of benzene rings is 1. The van der Waals surface area contributed by atoms with Gasteiger partial charge in [0.25, 0.3) is 0 Å². The predicted octanol–water partition coefficient (Wildman–Crippen LogP) is 3.52. The smallest absolute Gasteiger partial charge is 0.314 e. The number of nitrogens with two attached hydrogens (primary N) is 1. The summed E-state index contributed by atoms with van der Waals surface area (Å²) in [6, 6.07) is 7.05. The number of carboxylic acids is 1. The normalized spacial score (nSPS) is 18.9. The van der Waals surface area contributed by atoms with Crippen LogP contribution < -0.4 is 10.5 Å². The lowest BCUT2D eigenvalue weighted by Crippen LogP contribution is -2.28. The number of hydrogen-bond acceptors (Lipinski definition) is 6. The summed E-state index contributed by atoms with van der Waals surface area (Å²) in [6.07, 6.45) is 6.02. The Morgan fingerprint density at radius 3 is 2.37 bits per heavy atom. The minimum atomic E-state index is -0.816. The third-order valence-corrected chi connectivity index (χ3v) is 5.15. The highest BCUT2D eigenvalue weighted by Crippen LogP contribution is 2.29. The number of thiazole rings is 1. The Hall–Kier alpha value is -2.25. The SMILES string of the molecule is NCC1CCC(C(=O)Oc2ccc(CCC(=O)O)cc2)CC1.c1cscn1. The molecule has 2 aromatic rings. The number of aromatic nitrogens is 1. The molecule has 0 unspecified atom stereocenters. The third-order valence-electron chi connectivity index (χ3n) is 4.63. The second-order valence-corrected chi connectivity index (χ2v) is 7.34. The van der Waals surface area contributed by atoms with Gasteiger partial charge >= 0.3 is 11.9 Å². The molecule has 1 saturated carbocycles. The van der Waals surface area contributed by atoms with Crippen LogP contribution in [0.3, 0.4) is 0 Å². The number of esters is 1. The van der Waals surface area contributed by atoms with E-state index in [1.165, 1.54) is 0 Å². The van der Waals surface area contributed by atoms with Crippen LogP contribution in [0.5, 0.6) is 5.75 Å². The van der Waals surface area contributed by atoms with Crippen LogP contribution in [0.2, 0.25) is 0 Å². The van der Waals surface area contributed by atoms with Gasteiger partial charge in [-0.05, 0) is 62.3 Å². The first kappa shape index (κ1) is 21.1. The quantitative estimate of drug-likeness (QED) is 0.578. The van der Waals surface area contributed by atoms with Crippen molar-refractivity contribution in [1.82, 2.24) is 4.98 Å². The van der Waals surface area contributed by atoms with E-state index in [9.17, 15) is 9.59 Å². The Balaban J connectivity index is 0.000000451. The number of aryl methyl sites for hydroxylation is 1. The third kappa shape index (κ3) is 7.88. The van der Waals surface area contributed by atoms with Crippen LogP contribution in [-0.4, -0.2) is 28.6 Å². The summed E-state index contributed by atoms with van der Waals surface area (Å²) in [5.41, 5.74) is 8.37. The number of carboxylic acid groups (broad SMARTS) is 1. The van der Waals surface area contributed by atoms with Gasteiger partial charge in [-0.15, -0.1) is 11.3 Å². The molecule has 146 valence electrons. The van der Waals surface area contributed by atoms with Gasteiger partial charge in [0.2, 0.25) is 0 Å². The van der Waals surface area contributed by atoms with Crippen LogP contribution in [0.25, 0.3) is 0 Å². The molecule has 0 atom stereocenters. The standard InChI is InChI=1S/C17H23NO4.C3H3NS/c18-11-13-1-6-14(7-2-13)17(21)22-15-8-3-12(4-9-15)5-10-16(19)20;1-2-5-3-4-1/h3-4,8-9,13-14H,1-2,5-7,10-11,18H2,(H,19,20);1-3H. The molecule has 27 heavy (non-hydrogen) atoms. The summed E-state index contributed by atoms with van der Waals surface area (Å²) in [6.45, 7) is 0.694. The van der Waals surface area contributed by atoms with E-state index in [1.54, 1.807) is 47.3 Å². The molecule has 3 N–H and O–H groups in total. The van der Waals surface area contributed by atoms with E-state index in [0.717, 1.165) is 31.2 Å². The molecule has 3 rings (SSSR count). The van der Waals surface area contributed by atoms with Crippen molar-refractivity contribution in [2.24, 2.45) is 17.6 Å². The molecule has 6 nitrogen and oxygen atoms in total. The monoisotopic (exact) mass is 390 g/mol. The van der Waals surface area contributed by atoms with Crippen LogP contribution in [-0.2, 0) is 16.0 Å². The Morgan fingerprint density at radius 1 is 1.19 bits per heavy atom. The lowest BCUT2D eigenvalue weighted by atomic mass is 9.82. The van der Waals surface area contributed by atoms with E-state index < -0.39 is 5.97 Å². The van der Waals surface area contributed by atoms with Gasteiger partial charge < -0.3 is 15.6 Å². The molecule has 1 heterocycles. The zero-order chi connectivity index (χ0) is 19.5. The number of rotatable bonds is 6. The fraction of sp³-hybridized carbons (Fsp3) is 0.450. The molecule has 1 aliphatic rings. The van der Waals surface area contributed by atoms with Crippen molar-refractivity contribution in [3.05, 3.63) is 46.9 Å². The first-order valence-electron chi connectivity index (χ1n) is 9.13. The fourth-order valence-electron chi connectivity index (χ4n) is 2.98. The molecule has 0 bridgehead atoms. The average molecular weight is 391 g/mol. The van der Waals surface area contributed by atoms with Crippen LogP contribution in [0.15, 0.2) is 41.4 Å². The molecule has 0 radical (unpaired) electrons. The van der Waals surface area contributed by atoms with Crippen molar-refractivity contribution < 1.29 is 19.4 Å². The first-order valence-corrected chi connectivity index (χ1v) is 10.1. The van der Waals surface area contributed by atoms with Gasteiger partial charge in [0.1, 0.15) is 5.75 Å².